The Bertz CT molecular complexity index is 153. The maximum atomic E-state index is 11.3. The minimum absolute atomic E-state index is 0.178. The molecule has 0 unspecified atom stereocenters. The van der Waals surface area contributed by atoms with E-state index in [9.17, 15) is 4.79 Å². The normalized spacial score (nSPS) is 18.5. The van der Waals surface area contributed by atoms with E-state index >= 15 is 0 Å². The summed E-state index contributed by atoms with van der Waals surface area (Å²) in [5.74, 6) is 0.178. The van der Waals surface area contributed by atoms with Crippen LogP contribution in [0.1, 0.15) is 44.9 Å². The van der Waals surface area contributed by atoms with Gasteiger partial charge in [-0.25, -0.2) is 0 Å². The SMILES string of the molecule is NCCCC(=O)NC1CCCCC1. The Balaban J connectivity index is 2.11. The van der Waals surface area contributed by atoms with Gasteiger partial charge in [0, 0.05) is 12.5 Å². The lowest BCUT2D eigenvalue weighted by Gasteiger charge is -2.22. The van der Waals surface area contributed by atoms with E-state index in [4.69, 9.17) is 5.73 Å². The zero-order valence-corrected chi connectivity index (χ0v) is 8.22. The second-order valence-corrected chi connectivity index (χ2v) is 3.79. The number of nitrogens with one attached hydrogen (secondary N) is 1. The molecule has 0 atom stereocenters. The summed E-state index contributed by atoms with van der Waals surface area (Å²) in [5, 5.41) is 3.06. The first-order valence-electron chi connectivity index (χ1n) is 5.32. The summed E-state index contributed by atoms with van der Waals surface area (Å²) in [7, 11) is 0. The van der Waals surface area contributed by atoms with Gasteiger partial charge in [-0.05, 0) is 25.8 Å². The van der Waals surface area contributed by atoms with Crippen LogP contribution in [-0.2, 0) is 4.79 Å². The lowest BCUT2D eigenvalue weighted by Crippen LogP contribution is -2.36. The van der Waals surface area contributed by atoms with Crippen molar-refractivity contribution >= 4 is 5.91 Å². The fourth-order valence-corrected chi connectivity index (χ4v) is 1.81. The summed E-state index contributed by atoms with van der Waals surface area (Å²) in [4.78, 5) is 11.3. The topological polar surface area (TPSA) is 55.1 Å². The number of amides is 1. The second kappa shape index (κ2) is 5.97. The van der Waals surface area contributed by atoms with Gasteiger partial charge < -0.3 is 11.1 Å². The molecule has 0 spiro atoms. The molecule has 1 saturated carbocycles. The first kappa shape index (κ1) is 10.5. The van der Waals surface area contributed by atoms with Crippen molar-refractivity contribution in [3.63, 3.8) is 0 Å². The molecule has 1 aliphatic carbocycles. The molecule has 0 bridgehead atoms. The van der Waals surface area contributed by atoms with Gasteiger partial charge >= 0.3 is 0 Å². The maximum absolute atomic E-state index is 11.3. The van der Waals surface area contributed by atoms with E-state index in [1.807, 2.05) is 0 Å². The quantitative estimate of drug-likeness (QED) is 0.689. The maximum Gasteiger partial charge on any atom is 0.220 e. The summed E-state index contributed by atoms with van der Waals surface area (Å²) < 4.78 is 0. The average molecular weight is 184 g/mol. The van der Waals surface area contributed by atoms with Crippen molar-refractivity contribution in [2.75, 3.05) is 6.54 Å². The molecule has 3 heteroatoms. The van der Waals surface area contributed by atoms with Crippen LogP contribution >= 0.6 is 0 Å². The van der Waals surface area contributed by atoms with Gasteiger partial charge in [0.25, 0.3) is 0 Å². The molecular weight excluding hydrogens is 164 g/mol. The highest BCUT2D eigenvalue weighted by Gasteiger charge is 2.14. The zero-order chi connectivity index (χ0) is 9.52. The third kappa shape index (κ3) is 4.27. The third-order valence-electron chi connectivity index (χ3n) is 2.58. The number of nitrogens with two attached hydrogens (primary N) is 1. The summed E-state index contributed by atoms with van der Waals surface area (Å²) in [6.45, 7) is 0.609. The van der Waals surface area contributed by atoms with Crippen molar-refractivity contribution in [2.24, 2.45) is 5.73 Å². The van der Waals surface area contributed by atoms with Crippen molar-refractivity contribution in [3.05, 3.63) is 0 Å². The molecule has 0 aromatic rings. The summed E-state index contributed by atoms with van der Waals surface area (Å²) >= 11 is 0. The molecular formula is C10H20N2O. The first-order valence-corrected chi connectivity index (χ1v) is 5.32. The van der Waals surface area contributed by atoms with Gasteiger partial charge in [-0.1, -0.05) is 19.3 Å². The lowest BCUT2D eigenvalue weighted by molar-refractivity contribution is -0.122. The van der Waals surface area contributed by atoms with Crippen LogP contribution in [0.4, 0.5) is 0 Å². The molecule has 1 rings (SSSR count). The molecule has 1 fully saturated rings. The Hall–Kier alpha value is -0.570. The zero-order valence-electron chi connectivity index (χ0n) is 8.22. The molecule has 3 N–H and O–H groups in total. The van der Waals surface area contributed by atoms with Gasteiger partial charge in [0.1, 0.15) is 0 Å². The van der Waals surface area contributed by atoms with Gasteiger partial charge in [-0.15, -0.1) is 0 Å². The van der Waals surface area contributed by atoms with Crippen LogP contribution in [-0.4, -0.2) is 18.5 Å². The summed E-state index contributed by atoms with van der Waals surface area (Å²) in [6.07, 6.45) is 7.58. The first-order chi connectivity index (χ1) is 6.33. The van der Waals surface area contributed by atoms with E-state index < -0.39 is 0 Å². The predicted molar refractivity (Wildman–Crippen MR) is 53.3 cm³/mol. The molecule has 1 amide bonds. The second-order valence-electron chi connectivity index (χ2n) is 3.79. The van der Waals surface area contributed by atoms with Gasteiger partial charge in [-0.3, -0.25) is 4.79 Å². The average Bonchev–Trinajstić information content (AvgIpc) is 2.16. The van der Waals surface area contributed by atoms with Gasteiger partial charge in [-0.2, -0.15) is 0 Å². The Morgan fingerprint density at radius 3 is 2.62 bits per heavy atom. The van der Waals surface area contributed by atoms with Crippen molar-refractivity contribution in [1.29, 1.82) is 0 Å². The van der Waals surface area contributed by atoms with Crippen molar-refractivity contribution in [3.8, 4) is 0 Å². The minimum atomic E-state index is 0.178. The van der Waals surface area contributed by atoms with E-state index in [0.29, 0.717) is 19.0 Å². The van der Waals surface area contributed by atoms with Crippen LogP contribution in [0.25, 0.3) is 0 Å². The Kier molecular flexibility index (Phi) is 4.83. The highest BCUT2D eigenvalue weighted by atomic mass is 16.1. The molecule has 0 aromatic carbocycles. The van der Waals surface area contributed by atoms with E-state index in [1.165, 1.54) is 19.3 Å². The van der Waals surface area contributed by atoms with E-state index in [0.717, 1.165) is 19.3 Å². The number of hydrogen-bond acceptors (Lipinski definition) is 2. The molecule has 0 saturated heterocycles. The van der Waals surface area contributed by atoms with E-state index in [2.05, 4.69) is 5.32 Å². The molecule has 0 aliphatic heterocycles. The standard InChI is InChI=1S/C10H20N2O/c11-8-4-7-10(13)12-9-5-2-1-3-6-9/h9H,1-8,11H2,(H,12,13). The van der Waals surface area contributed by atoms with Crippen molar-refractivity contribution in [1.82, 2.24) is 5.32 Å². The molecule has 0 radical (unpaired) electrons. The Labute approximate surface area is 80.1 Å². The van der Waals surface area contributed by atoms with E-state index in [1.54, 1.807) is 0 Å². The number of hydrogen-bond donors (Lipinski definition) is 2. The van der Waals surface area contributed by atoms with Crippen LogP contribution in [0.3, 0.4) is 0 Å². The van der Waals surface area contributed by atoms with Crippen LogP contribution in [0.2, 0.25) is 0 Å². The molecule has 0 heterocycles. The highest BCUT2D eigenvalue weighted by molar-refractivity contribution is 5.76. The lowest BCUT2D eigenvalue weighted by atomic mass is 9.95. The molecule has 3 nitrogen and oxygen atoms in total. The van der Waals surface area contributed by atoms with Gasteiger partial charge in [0.15, 0.2) is 0 Å². The van der Waals surface area contributed by atoms with Crippen molar-refractivity contribution in [2.45, 2.75) is 51.0 Å². The van der Waals surface area contributed by atoms with Gasteiger partial charge in [0.05, 0.1) is 0 Å². The van der Waals surface area contributed by atoms with Crippen LogP contribution < -0.4 is 11.1 Å². The number of carbonyl (C=O) groups excluding carboxylic acids is 1. The molecule has 13 heavy (non-hydrogen) atoms. The minimum Gasteiger partial charge on any atom is -0.353 e. The summed E-state index contributed by atoms with van der Waals surface area (Å²) in [5.41, 5.74) is 5.33. The monoisotopic (exact) mass is 184 g/mol. The molecule has 76 valence electrons. The number of carbonyl (C=O) groups is 1. The van der Waals surface area contributed by atoms with Crippen LogP contribution in [0.15, 0.2) is 0 Å². The fourth-order valence-electron chi connectivity index (χ4n) is 1.81. The van der Waals surface area contributed by atoms with E-state index in [-0.39, 0.29) is 5.91 Å². The Morgan fingerprint density at radius 2 is 2.00 bits per heavy atom. The summed E-state index contributed by atoms with van der Waals surface area (Å²) in [6, 6.07) is 0.444. The largest absolute Gasteiger partial charge is 0.353 e. The molecule has 0 aromatic heterocycles. The third-order valence-corrected chi connectivity index (χ3v) is 2.58. The molecule has 1 aliphatic rings. The fraction of sp³-hybridized carbons (Fsp3) is 0.900. The highest BCUT2D eigenvalue weighted by Crippen LogP contribution is 2.17. The Morgan fingerprint density at radius 1 is 1.31 bits per heavy atom. The van der Waals surface area contributed by atoms with Crippen LogP contribution in [0.5, 0.6) is 0 Å². The number of rotatable bonds is 4. The smallest absolute Gasteiger partial charge is 0.220 e. The van der Waals surface area contributed by atoms with Gasteiger partial charge in [0.2, 0.25) is 5.91 Å². The van der Waals surface area contributed by atoms with Crippen molar-refractivity contribution < 1.29 is 4.79 Å². The van der Waals surface area contributed by atoms with Crippen LogP contribution in [0, 0.1) is 0 Å². The predicted octanol–water partition coefficient (Wildman–Crippen LogP) is 1.17.